The molecule has 8 nitrogen and oxygen atoms in total. The van der Waals surface area contributed by atoms with Crippen molar-refractivity contribution in [3.05, 3.63) is 78.6 Å². The maximum Gasteiger partial charge on any atom is 0.222 e. The van der Waals surface area contributed by atoms with Gasteiger partial charge in [0.05, 0.1) is 19.4 Å². The van der Waals surface area contributed by atoms with Crippen molar-refractivity contribution in [2.75, 3.05) is 44.8 Å². The second-order valence-corrected chi connectivity index (χ2v) is 9.51. The molecule has 8 heteroatoms. The van der Waals surface area contributed by atoms with Gasteiger partial charge in [-0.05, 0) is 50.1 Å². The number of aromatic amines is 1. The van der Waals surface area contributed by atoms with Gasteiger partial charge in [0, 0.05) is 61.7 Å². The molecule has 1 saturated heterocycles. The van der Waals surface area contributed by atoms with Crippen molar-refractivity contribution >= 4 is 11.7 Å². The second-order valence-electron chi connectivity index (χ2n) is 9.51. The van der Waals surface area contributed by atoms with Gasteiger partial charge in [-0.25, -0.2) is 9.97 Å². The van der Waals surface area contributed by atoms with Crippen molar-refractivity contribution in [3.63, 3.8) is 0 Å². The fourth-order valence-corrected chi connectivity index (χ4v) is 4.90. The van der Waals surface area contributed by atoms with Gasteiger partial charge in [0.1, 0.15) is 23.1 Å². The van der Waals surface area contributed by atoms with Gasteiger partial charge in [0.25, 0.3) is 0 Å². The highest BCUT2D eigenvalue weighted by molar-refractivity contribution is 5.76. The number of carbonyl (C=O) groups is 1. The maximum absolute atomic E-state index is 13.0. The molecular weight excluding hydrogens is 490 g/mol. The van der Waals surface area contributed by atoms with Crippen LogP contribution in [0.4, 0.5) is 5.82 Å². The zero-order valence-electron chi connectivity index (χ0n) is 22.6. The molecule has 5 rings (SSSR count). The van der Waals surface area contributed by atoms with Crippen LogP contribution in [0, 0.1) is 0 Å². The van der Waals surface area contributed by atoms with E-state index in [1.54, 1.807) is 13.3 Å². The first-order chi connectivity index (χ1) is 19.1. The average molecular weight is 526 g/mol. The summed E-state index contributed by atoms with van der Waals surface area (Å²) in [5.74, 6) is 3.54. The van der Waals surface area contributed by atoms with Crippen LogP contribution in [0.2, 0.25) is 0 Å². The molecule has 39 heavy (non-hydrogen) atoms. The van der Waals surface area contributed by atoms with Gasteiger partial charge in [-0.1, -0.05) is 30.3 Å². The SMILES string of the molecule is CCOc1ccnc(N2CCN(C(=O)CCCc3[nH]c(-c4ccc(OC)cc4)nc3-c3ccccc3)CC2)c1. The molecule has 4 aromatic rings. The summed E-state index contributed by atoms with van der Waals surface area (Å²) in [6, 6.07) is 21.9. The molecule has 0 spiro atoms. The monoisotopic (exact) mass is 525 g/mol. The number of amides is 1. The number of hydrogen-bond donors (Lipinski definition) is 1. The number of anilines is 1. The molecule has 1 N–H and O–H groups in total. The lowest BCUT2D eigenvalue weighted by atomic mass is 10.1. The van der Waals surface area contributed by atoms with E-state index < -0.39 is 0 Å². The Balaban J connectivity index is 1.20. The summed E-state index contributed by atoms with van der Waals surface area (Å²) in [5, 5.41) is 0. The molecule has 0 bridgehead atoms. The number of methoxy groups -OCH3 is 1. The summed E-state index contributed by atoms with van der Waals surface area (Å²) in [4.78, 5) is 30.2. The number of hydrogen-bond acceptors (Lipinski definition) is 6. The first-order valence-electron chi connectivity index (χ1n) is 13.5. The van der Waals surface area contributed by atoms with Crippen LogP contribution >= 0.6 is 0 Å². The highest BCUT2D eigenvalue weighted by Crippen LogP contribution is 2.28. The Kier molecular flexibility index (Phi) is 8.41. The van der Waals surface area contributed by atoms with Gasteiger partial charge in [-0.15, -0.1) is 0 Å². The van der Waals surface area contributed by atoms with Crippen molar-refractivity contribution in [2.45, 2.75) is 26.2 Å². The summed E-state index contributed by atoms with van der Waals surface area (Å²) < 4.78 is 10.9. The number of aryl methyl sites for hydroxylation is 1. The molecule has 3 heterocycles. The first kappa shape index (κ1) is 26.3. The maximum atomic E-state index is 13.0. The van der Waals surface area contributed by atoms with Crippen molar-refractivity contribution < 1.29 is 14.3 Å². The third-order valence-electron chi connectivity index (χ3n) is 6.99. The Morgan fingerprint density at radius 3 is 2.44 bits per heavy atom. The van der Waals surface area contributed by atoms with E-state index in [9.17, 15) is 4.79 Å². The normalized spacial score (nSPS) is 13.4. The lowest BCUT2D eigenvalue weighted by Gasteiger charge is -2.35. The van der Waals surface area contributed by atoms with E-state index in [4.69, 9.17) is 14.5 Å². The standard InChI is InChI=1S/C31H35N5O3/c1-3-39-26-16-17-32-28(22-26)35-18-20-36(21-19-35)29(37)11-7-10-27-30(23-8-5-4-6-9-23)34-31(33-27)24-12-14-25(38-2)15-13-24/h4-6,8-9,12-17,22H,3,7,10-11,18-21H2,1-2H3,(H,33,34). The van der Waals surface area contributed by atoms with E-state index in [2.05, 4.69) is 27.0 Å². The molecule has 0 unspecified atom stereocenters. The largest absolute Gasteiger partial charge is 0.497 e. The highest BCUT2D eigenvalue weighted by atomic mass is 16.5. The number of benzene rings is 2. The number of rotatable bonds is 10. The predicted molar refractivity (Wildman–Crippen MR) is 153 cm³/mol. The van der Waals surface area contributed by atoms with Crippen LogP contribution in [0.3, 0.4) is 0 Å². The zero-order valence-corrected chi connectivity index (χ0v) is 22.6. The van der Waals surface area contributed by atoms with Gasteiger partial charge in [0.15, 0.2) is 0 Å². The number of H-pyrrole nitrogens is 1. The lowest BCUT2D eigenvalue weighted by Crippen LogP contribution is -2.49. The van der Waals surface area contributed by atoms with E-state index in [1.807, 2.05) is 66.4 Å². The van der Waals surface area contributed by atoms with Crippen LogP contribution in [-0.2, 0) is 11.2 Å². The number of nitrogens with zero attached hydrogens (tertiary/aromatic N) is 4. The van der Waals surface area contributed by atoms with Crippen molar-refractivity contribution in [1.29, 1.82) is 0 Å². The summed E-state index contributed by atoms with van der Waals surface area (Å²) in [6.45, 7) is 5.51. The molecule has 0 radical (unpaired) electrons. The fourth-order valence-electron chi connectivity index (χ4n) is 4.90. The highest BCUT2D eigenvalue weighted by Gasteiger charge is 2.22. The minimum absolute atomic E-state index is 0.196. The van der Waals surface area contributed by atoms with E-state index in [1.165, 1.54) is 0 Å². The molecule has 2 aromatic heterocycles. The Bertz CT molecular complexity index is 1360. The van der Waals surface area contributed by atoms with E-state index in [0.29, 0.717) is 26.1 Å². The number of ether oxygens (including phenoxy) is 2. The van der Waals surface area contributed by atoms with Gasteiger partial charge >= 0.3 is 0 Å². The number of pyridine rings is 1. The summed E-state index contributed by atoms with van der Waals surface area (Å²) in [5.41, 5.74) is 4.04. The topological polar surface area (TPSA) is 83.6 Å². The molecule has 2 aromatic carbocycles. The summed E-state index contributed by atoms with van der Waals surface area (Å²) in [7, 11) is 1.66. The molecule has 1 amide bonds. The molecule has 0 saturated carbocycles. The zero-order chi connectivity index (χ0) is 27.0. The Morgan fingerprint density at radius 2 is 1.72 bits per heavy atom. The third-order valence-corrected chi connectivity index (χ3v) is 6.99. The smallest absolute Gasteiger partial charge is 0.222 e. The van der Waals surface area contributed by atoms with Gasteiger partial charge in [0.2, 0.25) is 5.91 Å². The fraction of sp³-hybridized carbons (Fsp3) is 0.323. The third kappa shape index (κ3) is 6.39. The molecule has 1 fully saturated rings. The van der Waals surface area contributed by atoms with E-state index >= 15 is 0 Å². The number of piperazine rings is 1. The predicted octanol–water partition coefficient (Wildman–Crippen LogP) is 5.22. The summed E-state index contributed by atoms with van der Waals surface area (Å²) >= 11 is 0. The minimum Gasteiger partial charge on any atom is -0.497 e. The Morgan fingerprint density at radius 1 is 0.949 bits per heavy atom. The minimum atomic E-state index is 0.196. The lowest BCUT2D eigenvalue weighted by molar-refractivity contribution is -0.131. The average Bonchev–Trinajstić information content (AvgIpc) is 3.42. The molecule has 0 aliphatic carbocycles. The quantitative estimate of drug-likeness (QED) is 0.306. The van der Waals surface area contributed by atoms with Gasteiger partial charge in [-0.3, -0.25) is 4.79 Å². The van der Waals surface area contributed by atoms with Crippen LogP contribution < -0.4 is 14.4 Å². The first-order valence-corrected chi connectivity index (χ1v) is 13.5. The van der Waals surface area contributed by atoms with Crippen LogP contribution in [0.15, 0.2) is 72.9 Å². The number of imidazole rings is 1. The summed E-state index contributed by atoms with van der Waals surface area (Å²) in [6.07, 6.45) is 3.77. The molecule has 202 valence electrons. The number of nitrogens with one attached hydrogen (secondary N) is 1. The van der Waals surface area contributed by atoms with E-state index in [0.717, 1.165) is 71.6 Å². The van der Waals surface area contributed by atoms with Crippen LogP contribution in [0.25, 0.3) is 22.6 Å². The van der Waals surface area contributed by atoms with Crippen LogP contribution in [0.5, 0.6) is 11.5 Å². The van der Waals surface area contributed by atoms with Gasteiger partial charge < -0.3 is 24.3 Å². The molecule has 1 aliphatic heterocycles. The molecular formula is C31H35N5O3. The molecule has 1 aliphatic rings. The second kappa shape index (κ2) is 12.5. The van der Waals surface area contributed by atoms with Crippen LogP contribution in [-0.4, -0.2) is 65.7 Å². The van der Waals surface area contributed by atoms with Gasteiger partial charge in [-0.2, -0.15) is 0 Å². The molecule has 0 atom stereocenters. The Hall–Kier alpha value is -4.33. The van der Waals surface area contributed by atoms with Crippen molar-refractivity contribution in [1.82, 2.24) is 19.9 Å². The number of carbonyl (C=O) groups excluding carboxylic acids is 1. The number of aromatic nitrogens is 3. The van der Waals surface area contributed by atoms with Crippen LogP contribution in [0.1, 0.15) is 25.5 Å². The van der Waals surface area contributed by atoms with Crippen molar-refractivity contribution in [3.8, 4) is 34.1 Å². The van der Waals surface area contributed by atoms with Crippen molar-refractivity contribution in [2.24, 2.45) is 0 Å². The Labute approximate surface area is 229 Å². The van der Waals surface area contributed by atoms with E-state index in [-0.39, 0.29) is 5.91 Å².